The minimum absolute atomic E-state index is 0.375. The van der Waals surface area contributed by atoms with Gasteiger partial charge in [-0.05, 0) is 29.5 Å². The number of halogens is 2. The molecule has 1 saturated carbocycles. The van der Waals surface area contributed by atoms with Crippen LogP contribution >= 0.6 is 23.2 Å². The highest BCUT2D eigenvalue weighted by Crippen LogP contribution is 2.41. The third kappa shape index (κ3) is 2.25. The lowest BCUT2D eigenvalue weighted by atomic mass is 9.83. The topological polar surface area (TPSA) is 0 Å². The second kappa shape index (κ2) is 4.48. The van der Waals surface area contributed by atoms with Gasteiger partial charge in [0.05, 0.1) is 10.0 Å². The summed E-state index contributed by atoms with van der Waals surface area (Å²) in [5.74, 6) is 0. The van der Waals surface area contributed by atoms with E-state index in [0.29, 0.717) is 10.1 Å². The van der Waals surface area contributed by atoms with Gasteiger partial charge < -0.3 is 0 Å². The van der Waals surface area contributed by atoms with Gasteiger partial charge in [-0.15, -0.1) is 0 Å². The molecule has 0 spiro atoms. The Hall–Kier alpha value is 0.0169. The van der Waals surface area contributed by atoms with Crippen LogP contribution in [0.15, 0.2) is 18.2 Å². The summed E-state index contributed by atoms with van der Waals surface area (Å²) in [5, 5.41) is 1.87. The van der Waals surface area contributed by atoms with Crippen LogP contribution < -0.4 is 0 Å². The van der Waals surface area contributed by atoms with Crippen molar-refractivity contribution in [2.75, 3.05) is 0 Å². The number of hydrogen-bond acceptors (Lipinski definition) is 0. The molecule has 15 heavy (non-hydrogen) atoms. The largest absolute Gasteiger partial charge is 0.0827 e. The van der Waals surface area contributed by atoms with Gasteiger partial charge in [0.25, 0.3) is 0 Å². The van der Waals surface area contributed by atoms with Crippen molar-refractivity contribution in [3.63, 3.8) is 0 Å². The van der Waals surface area contributed by atoms with Crippen molar-refractivity contribution in [3.8, 4) is 0 Å². The summed E-state index contributed by atoms with van der Waals surface area (Å²) < 4.78 is 0. The van der Waals surface area contributed by atoms with E-state index < -0.39 is 0 Å². The summed E-state index contributed by atoms with van der Waals surface area (Å²) in [5.41, 5.74) is 1.29. The first-order chi connectivity index (χ1) is 7.13. The highest BCUT2D eigenvalue weighted by atomic mass is 35.5. The Bertz CT molecular complexity index is 357. The molecule has 0 saturated heterocycles. The first-order valence-electron chi connectivity index (χ1n) is 5.58. The Labute approximate surface area is 104 Å². The van der Waals surface area contributed by atoms with E-state index in [1.165, 1.54) is 47.9 Å². The zero-order valence-corrected chi connectivity index (χ0v) is 12.5. The third-order valence-electron chi connectivity index (χ3n) is 3.56. The number of hydrogen-bond donors (Lipinski definition) is 0. The minimum atomic E-state index is 0.375. The normalized spacial score (nSPS) is 20.4. The van der Waals surface area contributed by atoms with Gasteiger partial charge in [0.2, 0.25) is 0 Å². The molecular weight excluding hydrogens is 243 g/mol. The molecule has 0 nitrogen and oxygen atoms in total. The fourth-order valence-electron chi connectivity index (χ4n) is 2.57. The van der Waals surface area contributed by atoms with Crippen molar-refractivity contribution in [2.24, 2.45) is 0 Å². The Morgan fingerprint density at radius 2 is 1.73 bits per heavy atom. The van der Waals surface area contributed by atoms with Gasteiger partial charge in [-0.1, -0.05) is 54.6 Å². The van der Waals surface area contributed by atoms with Crippen LogP contribution in [0.2, 0.25) is 10.0 Å². The SMILES string of the molecule is [SiH3]C1(c2cccc(Cl)c2Cl)CCCCC1. The van der Waals surface area contributed by atoms with E-state index in [0.717, 1.165) is 5.02 Å². The molecule has 2 rings (SSSR count). The average Bonchev–Trinajstić information content (AvgIpc) is 2.23. The van der Waals surface area contributed by atoms with Gasteiger partial charge in [-0.25, -0.2) is 0 Å². The highest BCUT2D eigenvalue weighted by Gasteiger charge is 2.30. The third-order valence-corrected chi connectivity index (χ3v) is 5.92. The molecule has 0 aromatic heterocycles. The molecule has 0 bridgehead atoms. The Morgan fingerprint density at radius 3 is 2.40 bits per heavy atom. The number of rotatable bonds is 1. The fraction of sp³-hybridized carbons (Fsp3) is 0.500. The molecule has 1 fully saturated rings. The summed E-state index contributed by atoms with van der Waals surface area (Å²) in [6.07, 6.45) is 6.64. The maximum absolute atomic E-state index is 6.31. The first-order valence-corrected chi connectivity index (χ1v) is 7.34. The van der Waals surface area contributed by atoms with Crippen LogP contribution in [0.25, 0.3) is 0 Å². The van der Waals surface area contributed by atoms with E-state index in [4.69, 9.17) is 23.2 Å². The van der Waals surface area contributed by atoms with E-state index in [2.05, 4.69) is 6.07 Å². The Kier molecular flexibility index (Phi) is 3.44. The quantitative estimate of drug-likeness (QED) is 0.677. The average molecular weight is 259 g/mol. The van der Waals surface area contributed by atoms with E-state index in [1.54, 1.807) is 0 Å². The Balaban J connectivity index is 2.39. The van der Waals surface area contributed by atoms with Crippen molar-refractivity contribution in [2.45, 2.75) is 37.1 Å². The molecule has 0 atom stereocenters. The second-order valence-corrected chi connectivity index (χ2v) is 7.42. The molecule has 82 valence electrons. The van der Waals surface area contributed by atoms with Crippen LogP contribution in [0, 0.1) is 0 Å². The zero-order chi connectivity index (χ0) is 10.9. The monoisotopic (exact) mass is 258 g/mol. The maximum atomic E-state index is 6.31. The molecule has 0 aliphatic heterocycles. The molecule has 1 aromatic carbocycles. The molecule has 1 aromatic rings. The van der Waals surface area contributed by atoms with E-state index in [9.17, 15) is 0 Å². The van der Waals surface area contributed by atoms with Crippen LogP contribution in [-0.2, 0) is 5.04 Å². The summed E-state index contributed by atoms with van der Waals surface area (Å²) in [4.78, 5) is 0. The highest BCUT2D eigenvalue weighted by molar-refractivity contribution is 6.43. The van der Waals surface area contributed by atoms with Gasteiger partial charge in [0.15, 0.2) is 0 Å². The van der Waals surface area contributed by atoms with Crippen molar-refractivity contribution in [1.29, 1.82) is 0 Å². The number of benzene rings is 1. The molecule has 0 unspecified atom stereocenters. The molecule has 0 radical (unpaired) electrons. The molecular formula is C12H16Cl2Si. The van der Waals surface area contributed by atoms with Crippen LogP contribution in [0.1, 0.15) is 37.7 Å². The van der Waals surface area contributed by atoms with Crippen LogP contribution in [0.5, 0.6) is 0 Å². The van der Waals surface area contributed by atoms with Crippen molar-refractivity contribution in [3.05, 3.63) is 33.8 Å². The van der Waals surface area contributed by atoms with Gasteiger partial charge in [0, 0.05) is 10.2 Å². The van der Waals surface area contributed by atoms with Crippen molar-refractivity contribution in [1.82, 2.24) is 0 Å². The summed E-state index contributed by atoms with van der Waals surface area (Å²) in [6.45, 7) is 0. The first kappa shape index (κ1) is 11.5. The van der Waals surface area contributed by atoms with Crippen molar-refractivity contribution < 1.29 is 0 Å². The molecule has 1 aliphatic carbocycles. The molecule has 0 amide bonds. The van der Waals surface area contributed by atoms with Gasteiger partial charge >= 0.3 is 0 Å². The Morgan fingerprint density at radius 1 is 1.07 bits per heavy atom. The summed E-state index contributed by atoms with van der Waals surface area (Å²) >= 11 is 12.4. The molecule has 0 N–H and O–H groups in total. The van der Waals surface area contributed by atoms with Gasteiger partial charge in [-0.3, -0.25) is 0 Å². The van der Waals surface area contributed by atoms with Crippen LogP contribution in [0.3, 0.4) is 0 Å². The fourth-order valence-corrected chi connectivity index (χ4v) is 4.38. The molecule has 1 aliphatic rings. The lowest BCUT2D eigenvalue weighted by Gasteiger charge is -2.35. The second-order valence-electron chi connectivity index (χ2n) is 4.72. The zero-order valence-electron chi connectivity index (χ0n) is 9.02. The standard InChI is InChI=1S/C12H16Cl2Si/c13-10-6-4-5-9(11(10)14)12(15)7-2-1-3-8-12/h4-6H,1-3,7-8H2,15H3. The van der Waals surface area contributed by atoms with Gasteiger partial charge in [0.1, 0.15) is 0 Å². The smallest absolute Gasteiger partial charge is 0.0626 e. The lowest BCUT2D eigenvalue weighted by molar-refractivity contribution is 0.398. The molecule has 3 heteroatoms. The van der Waals surface area contributed by atoms with Crippen molar-refractivity contribution >= 4 is 33.4 Å². The van der Waals surface area contributed by atoms with Crippen LogP contribution in [0.4, 0.5) is 0 Å². The van der Waals surface area contributed by atoms with E-state index >= 15 is 0 Å². The maximum Gasteiger partial charge on any atom is 0.0626 e. The van der Waals surface area contributed by atoms with Gasteiger partial charge in [-0.2, -0.15) is 0 Å². The predicted molar refractivity (Wildman–Crippen MR) is 71.2 cm³/mol. The van der Waals surface area contributed by atoms with E-state index in [-0.39, 0.29) is 0 Å². The van der Waals surface area contributed by atoms with Crippen LogP contribution in [-0.4, -0.2) is 10.2 Å². The lowest BCUT2D eigenvalue weighted by Crippen LogP contribution is -2.29. The predicted octanol–water partition coefficient (Wildman–Crippen LogP) is 3.52. The minimum Gasteiger partial charge on any atom is -0.0827 e. The summed E-state index contributed by atoms with van der Waals surface area (Å²) in [6, 6.07) is 6.06. The molecule has 0 heterocycles. The van der Waals surface area contributed by atoms with E-state index in [1.807, 2.05) is 12.1 Å². The summed E-state index contributed by atoms with van der Waals surface area (Å²) in [7, 11) is 1.17.